The number of nitrogens with zero attached hydrogens (tertiary/aromatic N) is 2. The molecule has 0 spiro atoms. The summed E-state index contributed by atoms with van der Waals surface area (Å²) in [5.41, 5.74) is 1.90. The molecule has 1 aromatic carbocycles. The van der Waals surface area contributed by atoms with Crippen molar-refractivity contribution < 1.29 is 14.0 Å². The number of aromatic nitrogens is 2. The average molecular weight is 488 g/mol. The topological polar surface area (TPSA) is 66.1 Å². The van der Waals surface area contributed by atoms with E-state index in [1.54, 1.807) is 6.20 Å². The summed E-state index contributed by atoms with van der Waals surface area (Å²) >= 11 is 11.8. The van der Waals surface area contributed by atoms with Crippen molar-refractivity contribution in [3.63, 3.8) is 0 Å². The van der Waals surface area contributed by atoms with Gasteiger partial charge in [-0.1, -0.05) is 29.3 Å². The zero-order valence-electron chi connectivity index (χ0n) is 18.2. The Morgan fingerprint density at radius 2 is 1.88 bits per heavy atom. The van der Waals surface area contributed by atoms with Crippen LogP contribution in [-0.2, 0) is 12.8 Å². The van der Waals surface area contributed by atoms with Gasteiger partial charge in [-0.25, -0.2) is 4.39 Å². The quantitative estimate of drug-likeness (QED) is 0.358. The van der Waals surface area contributed by atoms with Gasteiger partial charge in [0.2, 0.25) is 0 Å². The van der Waals surface area contributed by atoms with Crippen LogP contribution in [0.25, 0.3) is 0 Å². The van der Waals surface area contributed by atoms with Gasteiger partial charge in [-0.2, -0.15) is 0 Å². The molecule has 1 aliphatic rings. The lowest BCUT2D eigenvalue weighted by Crippen LogP contribution is -2.31. The molecule has 8 heteroatoms. The van der Waals surface area contributed by atoms with Crippen LogP contribution in [0.1, 0.15) is 50.5 Å². The fourth-order valence-electron chi connectivity index (χ4n) is 4.09. The highest BCUT2D eigenvalue weighted by Crippen LogP contribution is 2.28. The van der Waals surface area contributed by atoms with E-state index < -0.39 is 11.6 Å². The Hall–Kier alpha value is -2.54. The molecule has 33 heavy (non-hydrogen) atoms. The Bertz CT molecular complexity index is 1170. The number of Topliss-reactive ketones (excluding diaryl/α,β-unsaturated/α-hetero) is 1. The van der Waals surface area contributed by atoms with Crippen molar-refractivity contribution in [3.8, 4) is 0 Å². The van der Waals surface area contributed by atoms with Gasteiger partial charge >= 0.3 is 0 Å². The van der Waals surface area contributed by atoms with Crippen LogP contribution in [0.15, 0.2) is 42.7 Å². The predicted molar refractivity (Wildman–Crippen MR) is 127 cm³/mol. The normalized spacial score (nSPS) is 15.0. The van der Waals surface area contributed by atoms with Crippen molar-refractivity contribution in [2.24, 2.45) is 5.92 Å². The van der Waals surface area contributed by atoms with Gasteiger partial charge in [0, 0.05) is 30.1 Å². The molecule has 1 N–H and O–H groups in total. The number of benzene rings is 1. The third kappa shape index (κ3) is 5.52. The number of hydrogen-bond acceptors (Lipinski definition) is 4. The molecule has 0 bridgehead atoms. The summed E-state index contributed by atoms with van der Waals surface area (Å²) in [6, 6.07) is 7.96. The number of hydrogen-bond donors (Lipinski definition) is 1. The molecule has 0 atom stereocenters. The fraction of sp³-hybridized carbons (Fsp3) is 0.320. The molecule has 3 heterocycles. The molecule has 5 nitrogen and oxygen atoms in total. The van der Waals surface area contributed by atoms with Crippen LogP contribution in [0.5, 0.6) is 0 Å². The molecule has 172 valence electrons. The van der Waals surface area contributed by atoms with E-state index in [4.69, 9.17) is 23.2 Å². The highest BCUT2D eigenvalue weighted by molar-refractivity contribution is 6.37. The number of rotatable bonds is 7. The first-order valence-electron chi connectivity index (χ1n) is 10.8. The minimum atomic E-state index is -0.880. The van der Waals surface area contributed by atoms with Crippen molar-refractivity contribution in [3.05, 3.63) is 86.7 Å². The molecule has 1 saturated heterocycles. The van der Waals surface area contributed by atoms with Gasteiger partial charge < -0.3 is 9.88 Å². The molecule has 1 fully saturated rings. The van der Waals surface area contributed by atoms with Crippen molar-refractivity contribution >= 4 is 34.8 Å². The zero-order chi connectivity index (χ0) is 23.5. The Kier molecular flexibility index (Phi) is 7.27. The van der Waals surface area contributed by atoms with Crippen LogP contribution in [0, 0.1) is 11.7 Å². The number of pyridine rings is 1. The van der Waals surface area contributed by atoms with Gasteiger partial charge in [-0.15, -0.1) is 0 Å². The van der Waals surface area contributed by atoms with Gasteiger partial charge in [-0.3, -0.25) is 14.6 Å². The SMILES string of the molecule is CN1CCC(Cc2ccc(CC(=O)c3cc(C(=O)c4c(Cl)ccc(Cl)c4F)c[nH]3)cn2)CC1. The van der Waals surface area contributed by atoms with Crippen molar-refractivity contribution in [2.75, 3.05) is 20.1 Å². The number of halogens is 3. The Morgan fingerprint density at radius 1 is 1.15 bits per heavy atom. The lowest BCUT2D eigenvalue weighted by Gasteiger charge is -2.28. The molecule has 1 aliphatic heterocycles. The maximum absolute atomic E-state index is 14.3. The lowest BCUT2D eigenvalue weighted by atomic mass is 9.92. The number of ketones is 2. The molecule has 4 rings (SSSR count). The van der Waals surface area contributed by atoms with Crippen LogP contribution in [0.2, 0.25) is 10.0 Å². The Balaban J connectivity index is 1.40. The summed E-state index contributed by atoms with van der Waals surface area (Å²) in [6.45, 7) is 2.24. The first-order valence-corrected chi connectivity index (χ1v) is 11.6. The van der Waals surface area contributed by atoms with E-state index in [0.717, 1.165) is 30.8 Å². The minimum absolute atomic E-state index is 0.0395. The summed E-state index contributed by atoms with van der Waals surface area (Å²) in [6.07, 6.45) is 6.55. The second kappa shape index (κ2) is 10.2. The molecular weight excluding hydrogens is 464 g/mol. The number of nitrogens with one attached hydrogen (secondary N) is 1. The Morgan fingerprint density at radius 3 is 2.58 bits per heavy atom. The molecule has 3 aromatic rings. The number of carbonyl (C=O) groups excluding carboxylic acids is 2. The van der Waals surface area contributed by atoms with E-state index in [2.05, 4.69) is 21.9 Å². The molecule has 0 radical (unpaired) electrons. The van der Waals surface area contributed by atoms with Crippen LogP contribution >= 0.6 is 23.2 Å². The monoisotopic (exact) mass is 487 g/mol. The zero-order valence-corrected chi connectivity index (χ0v) is 19.7. The predicted octanol–water partition coefficient (Wildman–Crippen LogP) is 5.40. The Labute approximate surface area is 201 Å². The summed E-state index contributed by atoms with van der Waals surface area (Å²) in [5.74, 6) is -1.07. The molecule has 0 aliphatic carbocycles. The smallest absolute Gasteiger partial charge is 0.199 e. The van der Waals surface area contributed by atoms with Crippen molar-refractivity contribution in [1.82, 2.24) is 14.9 Å². The summed E-state index contributed by atoms with van der Waals surface area (Å²) in [7, 11) is 2.15. The van der Waals surface area contributed by atoms with Gasteiger partial charge in [0.15, 0.2) is 17.4 Å². The van der Waals surface area contributed by atoms with E-state index >= 15 is 0 Å². The van der Waals surface area contributed by atoms with Crippen LogP contribution in [0.4, 0.5) is 4.39 Å². The fourth-order valence-corrected chi connectivity index (χ4v) is 4.48. The number of piperidine rings is 1. The average Bonchev–Trinajstić information content (AvgIpc) is 3.30. The number of likely N-dealkylation sites (tertiary alicyclic amines) is 1. The van der Waals surface area contributed by atoms with Gasteiger partial charge in [-0.05, 0) is 75.1 Å². The number of aromatic amines is 1. The highest BCUT2D eigenvalue weighted by Gasteiger charge is 2.22. The number of carbonyl (C=O) groups is 2. The van der Waals surface area contributed by atoms with Gasteiger partial charge in [0.25, 0.3) is 0 Å². The van der Waals surface area contributed by atoms with E-state index in [0.29, 0.717) is 5.92 Å². The molecular formula is C25H24Cl2FN3O2. The van der Waals surface area contributed by atoms with Gasteiger partial charge in [0.1, 0.15) is 0 Å². The second-order valence-electron chi connectivity index (χ2n) is 8.56. The molecule has 2 aromatic heterocycles. The van der Waals surface area contributed by atoms with Crippen molar-refractivity contribution in [2.45, 2.75) is 25.7 Å². The molecule has 0 unspecified atom stereocenters. The van der Waals surface area contributed by atoms with Gasteiger partial charge in [0.05, 0.1) is 21.3 Å². The minimum Gasteiger partial charge on any atom is -0.358 e. The maximum atomic E-state index is 14.3. The van der Waals surface area contributed by atoms with E-state index in [1.807, 2.05) is 12.1 Å². The first-order chi connectivity index (χ1) is 15.8. The van der Waals surface area contributed by atoms with Crippen LogP contribution in [-0.4, -0.2) is 46.6 Å². The second-order valence-corrected chi connectivity index (χ2v) is 9.37. The standard InChI is InChI=1S/C25H24Cl2FN3O2/c1-31-8-6-15(7-9-31)10-18-3-2-16(13-29-18)11-22(32)21-12-17(14-30-21)25(33)23-19(26)4-5-20(27)24(23)28/h2-5,12-15,30H,6-11H2,1H3. The summed E-state index contributed by atoms with van der Waals surface area (Å²) < 4.78 is 14.3. The first kappa shape index (κ1) is 23.6. The van der Waals surface area contributed by atoms with Crippen LogP contribution in [0.3, 0.4) is 0 Å². The number of H-pyrrole nitrogens is 1. The summed E-state index contributed by atoms with van der Waals surface area (Å²) in [5, 5.41) is -0.233. The third-order valence-corrected chi connectivity index (χ3v) is 6.71. The molecule has 0 amide bonds. The highest BCUT2D eigenvalue weighted by atomic mass is 35.5. The summed E-state index contributed by atoms with van der Waals surface area (Å²) in [4.78, 5) is 35.1. The van der Waals surface area contributed by atoms with Crippen molar-refractivity contribution in [1.29, 1.82) is 0 Å². The van der Waals surface area contributed by atoms with Crippen LogP contribution < -0.4 is 0 Å². The van der Waals surface area contributed by atoms with E-state index in [9.17, 15) is 14.0 Å². The maximum Gasteiger partial charge on any atom is 0.199 e. The third-order valence-electron chi connectivity index (χ3n) is 6.10. The lowest BCUT2D eigenvalue weighted by molar-refractivity contribution is 0.0988. The van der Waals surface area contributed by atoms with E-state index in [-0.39, 0.29) is 39.1 Å². The largest absolute Gasteiger partial charge is 0.358 e. The van der Waals surface area contributed by atoms with E-state index in [1.165, 1.54) is 37.2 Å². The molecule has 0 saturated carbocycles.